The number of hydrogen-bond donors (Lipinski definition) is 1. The zero-order valence-corrected chi connectivity index (χ0v) is 10.2. The second kappa shape index (κ2) is 6.31. The number of nitrogens with one attached hydrogen (secondary N) is 1. The SMILES string of the molecule is O=C(CCc1ccccc1)OC(=O)[C@@H]1CCCN1. The van der Waals surface area contributed by atoms with Gasteiger partial charge in [-0.15, -0.1) is 0 Å². The van der Waals surface area contributed by atoms with Gasteiger partial charge < -0.3 is 10.1 Å². The fraction of sp³-hybridized carbons (Fsp3) is 0.429. The largest absolute Gasteiger partial charge is 0.392 e. The molecule has 1 heterocycles. The van der Waals surface area contributed by atoms with Crippen molar-refractivity contribution in [2.75, 3.05) is 6.54 Å². The lowest BCUT2D eigenvalue weighted by atomic mass is 10.1. The number of rotatable bonds is 4. The Hall–Kier alpha value is -1.68. The standard InChI is InChI=1S/C14H17NO3/c16-13(9-8-11-5-2-1-3-6-11)18-14(17)12-7-4-10-15-12/h1-3,5-6,12,15H,4,7-10H2/t12-/m0/s1. The van der Waals surface area contributed by atoms with Gasteiger partial charge in [0.1, 0.15) is 6.04 Å². The lowest BCUT2D eigenvalue weighted by molar-refractivity contribution is -0.160. The fourth-order valence-corrected chi connectivity index (χ4v) is 2.01. The molecule has 0 amide bonds. The summed E-state index contributed by atoms with van der Waals surface area (Å²) in [6, 6.07) is 9.38. The highest BCUT2D eigenvalue weighted by molar-refractivity contribution is 5.88. The summed E-state index contributed by atoms with van der Waals surface area (Å²) in [4.78, 5) is 23.1. The summed E-state index contributed by atoms with van der Waals surface area (Å²) in [5.41, 5.74) is 1.07. The molecule has 1 aliphatic rings. The molecule has 1 aliphatic heterocycles. The van der Waals surface area contributed by atoms with Gasteiger partial charge >= 0.3 is 11.9 Å². The van der Waals surface area contributed by atoms with Crippen LogP contribution in [0, 0.1) is 0 Å². The Morgan fingerprint density at radius 1 is 1.28 bits per heavy atom. The van der Waals surface area contributed by atoms with Crippen LogP contribution in [0.1, 0.15) is 24.8 Å². The van der Waals surface area contributed by atoms with Crippen LogP contribution in [-0.2, 0) is 20.7 Å². The summed E-state index contributed by atoms with van der Waals surface area (Å²) < 4.78 is 4.82. The van der Waals surface area contributed by atoms with E-state index in [4.69, 9.17) is 4.74 Å². The minimum Gasteiger partial charge on any atom is -0.392 e. The van der Waals surface area contributed by atoms with E-state index in [1.165, 1.54) is 0 Å². The zero-order valence-electron chi connectivity index (χ0n) is 10.2. The van der Waals surface area contributed by atoms with Crippen LogP contribution in [0.4, 0.5) is 0 Å². The maximum atomic E-state index is 11.6. The molecule has 1 saturated heterocycles. The molecule has 0 aliphatic carbocycles. The minimum absolute atomic E-state index is 0.239. The number of aryl methyl sites for hydroxylation is 1. The van der Waals surface area contributed by atoms with Crippen LogP contribution in [0.25, 0.3) is 0 Å². The van der Waals surface area contributed by atoms with Crippen molar-refractivity contribution in [3.8, 4) is 0 Å². The highest BCUT2D eigenvalue weighted by atomic mass is 16.6. The number of hydrogen-bond acceptors (Lipinski definition) is 4. The molecule has 96 valence electrons. The van der Waals surface area contributed by atoms with E-state index in [2.05, 4.69) is 5.32 Å². The minimum atomic E-state index is -0.447. The summed E-state index contributed by atoms with van der Waals surface area (Å²) in [5, 5.41) is 3.01. The average molecular weight is 247 g/mol. The van der Waals surface area contributed by atoms with Gasteiger partial charge in [-0.1, -0.05) is 30.3 Å². The van der Waals surface area contributed by atoms with Crippen molar-refractivity contribution in [2.24, 2.45) is 0 Å². The first-order chi connectivity index (χ1) is 8.75. The van der Waals surface area contributed by atoms with Crippen molar-refractivity contribution in [3.63, 3.8) is 0 Å². The number of esters is 2. The first-order valence-corrected chi connectivity index (χ1v) is 6.27. The zero-order chi connectivity index (χ0) is 12.8. The first kappa shape index (κ1) is 12.8. The predicted molar refractivity (Wildman–Crippen MR) is 66.9 cm³/mol. The van der Waals surface area contributed by atoms with Crippen LogP contribution in [-0.4, -0.2) is 24.5 Å². The lowest BCUT2D eigenvalue weighted by Gasteiger charge is -2.08. The average Bonchev–Trinajstić information content (AvgIpc) is 2.91. The Morgan fingerprint density at radius 2 is 2.06 bits per heavy atom. The van der Waals surface area contributed by atoms with Gasteiger partial charge in [0.05, 0.1) is 6.42 Å². The van der Waals surface area contributed by atoms with E-state index in [1.54, 1.807) is 0 Å². The summed E-state index contributed by atoms with van der Waals surface area (Å²) in [7, 11) is 0. The van der Waals surface area contributed by atoms with Gasteiger partial charge in [-0.2, -0.15) is 0 Å². The molecule has 0 bridgehead atoms. The van der Waals surface area contributed by atoms with E-state index in [1.807, 2.05) is 30.3 Å². The van der Waals surface area contributed by atoms with E-state index in [0.717, 1.165) is 24.9 Å². The normalized spacial score (nSPS) is 18.6. The van der Waals surface area contributed by atoms with Crippen molar-refractivity contribution in [2.45, 2.75) is 31.7 Å². The van der Waals surface area contributed by atoms with Crippen LogP contribution < -0.4 is 5.32 Å². The highest BCUT2D eigenvalue weighted by Gasteiger charge is 2.25. The Bertz CT molecular complexity index is 410. The second-order valence-corrected chi connectivity index (χ2v) is 4.43. The van der Waals surface area contributed by atoms with Crippen LogP contribution in [0.2, 0.25) is 0 Å². The summed E-state index contributed by atoms with van der Waals surface area (Å²) in [5.74, 6) is -0.886. The third-order valence-corrected chi connectivity index (χ3v) is 3.02. The Labute approximate surface area is 106 Å². The Balaban J connectivity index is 1.73. The molecule has 1 aromatic carbocycles. The summed E-state index contributed by atoms with van der Waals surface area (Å²) >= 11 is 0. The van der Waals surface area contributed by atoms with E-state index in [9.17, 15) is 9.59 Å². The maximum Gasteiger partial charge on any atom is 0.330 e. The topological polar surface area (TPSA) is 55.4 Å². The quantitative estimate of drug-likeness (QED) is 0.646. The van der Waals surface area contributed by atoms with Crippen LogP contribution >= 0.6 is 0 Å². The summed E-state index contributed by atoms with van der Waals surface area (Å²) in [6.45, 7) is 0.817. The molecule has 0 saturated carbocycles. The molecule has 18 heavy (non-hydrogen) atoms. The first-order valence-electron chi connectivity index (χ1n) is 6.27. The van der Waals surface area contributed by atoms with Crippen molar-refractivity contribution < 1.29 is 14.3 Å². The van der Waals surface area contributed by atoms with Crippen LogP contribution in [0.5, 0.6) is 0 Å². The second-order valence-electron chi connectivity index (χ2n) is 4.43. The molecule has 4 heteroatoms. The van der Waals surface area contributed by atoms with Gasteiger partial charge in [0.2, 0.25) is 0 Å². The van der Waals surface area contributed by atoms with Crippen molar-refractivity contribution in [1.29, 1.82) is 0 Å². The fourth-order valence-electron chi connectivity index (χ4n) is 2.01. The van der Waals surface area contributed by atoms with Crippen molar-refractivity contribution in [3.05, 3.63) is 35.9 Å². The molecule has 0 aromatic heterocycles. The molecular formula is C14H17NO3. The van der Waals surface area contributed by atoms with E-state index in [-0.39, 0.29) is 12.5 Å². The van der Waals surface area contributed by atoms with Gasteiger partial charge in [-0.3, -0.25) is 4.79 Å². The number of benzene rings is 1. The molecular weight excluding hydrogens is 230 g/mol. The Kier molecular flexibility index (Phi) is 4.47. The molecule has 0 unspecified atom stereocenters. The molecule has 0 spiro atoms. The summed E-state index contributed by atoms with van der Waals surface area (Å²) in [6.07, 6.45) is 2.55. The van der Waals surface area contributed by atoms with Crippen LogP contribution in [0.3, 0.4) is 0 Å². The monoisotopic (exact) mass is 247 g/mol. The van der Waals surface area contributed by atoms with Crippen molar-refractivity contribution in [1.82, 2.24) is 5.32 Å². The smallest absolute Gasteiger partial charge is 0.330 e. The predicted octanol–water partition coefficient (Wildman–Crippen LogP) is 1.44. The third-order valence-electron chi connectivity index (χ3n) is 3.02. The van der Waals surface area contributed by atoms with Gasteiger partial charge in [-0.25, -0.2) is 4.79 Å². The Morgan fingerprint density at radius 3 is 2.72 bits per heavy atom. The lowest BCUT2D eigenvalue weighted by Crippen LogP contribution is -2.33. The van der Waals surface area contributed by atoms with Gasteiger partial charge in [0.25, 0.3) is 0 Å². The molecule has 1 aromatic rings. The van der Waals surface area contributed by atoms with E-state index in [0.29, 0.717) is 6.42 Å². The number of carbonyl (C=O) groups excluding carboxylic acids is 2. The molecule has 0 radical (unpaired) electrons. The van der Waals surface area contributed by atoms with Gasteiger partial charge in [-0.05, 0) is 31.4 Å². The van der Waals surface area contributed by atoms with E-state index < -0.39 is 11.9 Å². The number of ether oxygens (including phenoxy) is 1. The van der Waals surface area contributed by atoms with Gasteiger partial charge in [0.15, 0.2) is 0 Å². The molecule has 4 nitrogen and oxygen atoms in total. The van der Waals surface area contributed by atoms with Crippen molar-refractivity contribution >= 4 is 11.9 Å². The number of carbonyl (C=O) groups is 2. The van der Waals surface area contributed by atoms with Gasteiger partial charge in [0, 0.05) is 0 Å². The molecule has 2 rings (SSSR count). The molecule has 1 N–H and O–H groups in total. The van der Waals surface area contributed by atoms with E-state index >= 15 is 0 Å². The maximum absolute atomic E-state index is 11.6. The van der Waals surface area contributed by atoms with Crippen LogP contribution in [0.15, 0.2) is 30.3 Å². The molecule has 1 atom stereocenters. The highest BCUT2D eigenvalue weighted by Crippen LogP contribution is 2.08. The molecule has 1 fully saturated rings. The third kappa shape index (κ3) is 3.67.